The first-order valence-corrected chi connectivity index (χ1v) is 12.6. The molecule has 0 aliphatic carbocycles. The Hall–Kier alpha value is -1.08. The van der Waals surface area contributed by atoms with Crippen molar-refractivity contribution in [2.45, 2.75) is 7.86 Å². The summed E-state index contributed by atoms with van der Waals surface area (Å²) in [6, 6.07) is 6.27. The molecule has 2 N–H and O–H groups in total. The lowest BCUT2D eigenvalue weighted by Gasteiger charge is -2.19. The number of aromatic hydroxyl groups is 1. The van der Waals surface area contributed by atoms with Crippen LogP contribution in [0.4, 0.5) is 23.2 Å². The van der Waals surface area contributed by atoms with Gasteiger partial charge in [-0.05, 0) is 36.4 Å². The zero-order valence-electron chi connectivity index (χ0n) is 13.4. The van der Waals surface area contributed by atoms with Crippen LogP contribution in [0.1, 0.15) is 21.5 Å². The number of benzene rings is 2. The van der Waals surface area contributed by atoms with E-state index in [0.29, 0.717) is 6.07 Å². The van der Waals surface area contributed by atoms with E-state index in [1.807, 2.05) is 0 Å². The first-order chi connectivity index (χ1) is 12.5. The molecule has 0 aromatic heterocycles. The Kier molecular flexibility index (Phi) is 7.01. The number of carbonyl (C=O) groups is 1. The average Bonchev–Trinajstić information content (AvgIpc) is 2.61. The number of phenolic OH excluding ortho intramolecular Hbond substituents is 1. The molecule has 0 radical (unpaired) electrons. The van der Waals surface area contributed by atoms with Crippen molar-refractivity contribution in [2.75, 3.05) is 5.32 Å². The maximum absolute atomic E-state index is 14.9. The fourth-order valence-electron chi connectivity index (χ4n) is 2.11. The maximum atomic E-state index is 14.9. The topological polar surface area (TPSA) is 49.3 Å². The molecule has 27 heavy (non-hydrogen) atoms. The number of halogens is 7. The molecule has 0 saturated heterocycles. The highest BCUT2D eigenvalue weighted by Crippen LogP contribution is 2.48. The average molecular weight is 628 g/mol. The molecule has 10 heteroatoms. The van der Waals surface area contributed by atoms with Crippen molar-refractivity contribution in [3.8, 4) is 5.75 Å². The van der Waals surface area contributed by atoms with Gasteiger partial charge in [0.25, 0.3) is 5.91 Å². The van der Waals surface area contributed by atoms with E-state index < -0.39 is 66.5 Å². The van der Waals surface area contributed by atoms with E-state index in [1.165, 1.54) is 18.2 Å². The van der Waals surface area contributed by atoms with Gasteiger partial charge in [-0.2, -0.15) is 13.2 Å². The molecule has 1 amide bonds. The van der Waals surface area contributed by atoms with Crippen LogP contribution in [-0.4, -0.2) is 20.0 Å². The summed E-state index contributed by atoms with van der Waals surface area (Å²) in [6.07, 6.45) is -4.73. The van der Waals surface area contributed by atoms with E-state index in [9.17, 15) is 27.5 Å². The second-order valence-electron chi connectivity index (χ2n) is 5.18. The Bertz CT molecular complexity index is 910. The molecule has 2 aromatic rings. The molecule has 2 rings (SSSR count). The van der Waals surface area contributed by atoms with Crippen molar-refractivity contribution in [1.29, 1.82) is 0 Å². The highest BCUT2D eigenvalue weighted by Gasteiger charge is 2.35. The van der Waals surface area contributed by atoms with Crippen molar-refractivity contribution >= 4 is 73.7 Å². The van der Waals surface area contributed by atoms with Crippen molar-refractivity contribution in [2.24, 2.45) is 0 Å². The van der Waals surface area contributed by atoms with Crippen molar-refractivity contribution in [3.05, 3.63) is 58.1 Å². The molecule has 0 fully saturated rings. The minimum Gasteiger partial charge on any atom is -0.507 e. The molecule has 0 spiro atoms. The molecule has 0 saturated carbocycles. The molecule has 0 unspecified atom stereocenters. The number of nitrogens with one attached hydrogen (secondary N) is 1. The summed E-state index contributed by atoms with van der Waals surface area (Å²) in [7, 11) is 0. The van der Waals surface area contributed by atoms with Gasteiger partial charge in [0.1, 0.15) is 5.75 Å². The van der Waals surface area contributed by atoms with Gasteiger partial charge in [0.05, 0.1) is 11.1 Å². The van der Waals surface area contributed by atoms with Crippen LogP contribution >= 0.6 is 53.1 Å². The van der Waals surface area contributed by atoms with Crippen LogP contribution in [0, 0.1) is 0 Å². The molecule has 0 atom stereocenters. The first kappa shape index (κ1) is 22.2. The third-order valence-corrected chi connectivity index (χ3v) is 10.6. The summed E-state index contributed by atoms with van der Waals surface area (Å²) >= 11 is 3.12. The summed E-state index contributed by atoms with van der Waals surface area (Å²) in [4.78, 5) is 12.3. The minimum atomic E-state index is -4.73. The van der Waals surface area contributed by atoms with Crippen LogP contribution in [0.2, 0.25) is 5.02 Å². The van der Waals surface area contributed by atoms with Crippen molar-refractivity contribution in [1.82, 2.24) is 0 Å². The third kappa shape index (κ3) is 5.25. The Morgan fingerprint density at radius 2 is 1.63 bits per heavy atom. The Balaban J connectivity index is 2.52. The highest BCUT2D eigenvalue weighted by atomic mass is 127. The van der Waals surface area contributed by atoms with Gasteiger partial charge in [-0.3, -0.25) is 4.79 Å². The molecular weight excluding hydrogens is 615 g/mol. The van der Waals surface area contributed by atoms with Gasteiger partial charge in [0.15, 0.2) is 0 Å². The molecule has 0 bridgehead atoms. The molecule has 146 valence electrons. The lowest BCUT2D eigenvalue weighted by molar-refractivity contribution is -0.137. The van der Waals surface area contributed by atoms with Gasteiger partial charge < -0.3 is 10.4 Å². The summed E-state index contributed by atoms with van der Waals surface area (Å²) in [5, 5.41) is 12.2. The van der Waals surface area contributed by atoms with Gasteiger partial charge in [-0.25, -0.2) is 4.39 Å². The molecule has 0 heterocycles. The number of amides is 1. The van der Waals surface area contributed by atoms with E-state index in [1.54, 1.807) is 0 Å². The highest BCUT2D eigenvalue weighted by molar-refractivity contribution is 14.2. The SMILES string of the molecule is C=IC(F)(I=C)c1cc(NC(=O)c2cc(Cl)ccc2O)cc(C(F)(F)F)c1. The van der Waals surface area contributed by atoms with E-state index in [-0.39, 0.29) is 21.8 Å². The van der Waals surface area contributed by atoms with E-state index in [4.69, 9.17) is 11.6 Å². The zero-order chi connectivity index (χ0) is 20.4. The quantitative estimate of drug-likeness (QED) is 0.236. The lowest BCUT2D eigenvalue weighted by Crippen LogP contribution is -2.15. The molecule has 2 aromatic carbocycles. The van der Waals surface area contributed by atoms with Crippen LogP contribution in [-0.2, 0) is 7.86 Å². The third-order valence-electron chi connectivity index (χ3n) is 3.38. The maximum Gasteiger partial charge on any atom is 0.416 e. The second kappa shape index (κ2) is 8.52. The number of rotatable bonds is 5. The predicted molar refractivity (Wildman–Crippen MR) is 118 cm³/mol. The number of phenols is 1. The Labute approximate surface area is 177 Å². The molecule has 0 aliphatic rings. The van der Waals surface area contributed by atoms with Crippen molar-refractivity contribution < 1.29 is 27.5 Å². The lowest BCUT2D eigenvalue weighted by atomic mass is 10.1. The second-order valence-corrected chi connectivity index (χ2v) is 12.2. The van der Waals surface area contributed by atoms with Gasteiger partial charge >= 0.3 is 6.18 Å². The monoisotopic (exact) mass is 627 g/mol. The number of alkyl halides is 6. The van der Waals surface area contributed by atoms with Gasteiger partial charge in [-0.15, -0.1) is 0 Å². The van der Waals surface area contributed by atoms with Crippen LogP contribution < -0.4 is 5.32 Å². The van der Waals surface area contributed by atoms with Gasteiger partial charge in [0.2, 0.25) is 1.68 Å². The van der Waals surface area contributed by atoms with Crippen LogP contribution in [0.3, 0.4) is 0 Å². The smallest absolute Gasteiger partial charge is 0.416 e. The van der Waals surface area contributed by atoms with Gasteiger partial charge in [0, 0.05) is 16.3 Å². The van der Waals surface area contributed by atoms with Gasteiger partial charge in [-0.1, -0.05) is 62.1 Å². The fourth-order valence-corrected chi connectivity index (χ4v) is 5.35. The summed E-state index contributed by atoms with van der Waals surface area (Å²) in [6.45, 7) is 0. The van der Waals surface area contributed by atoms with Crippen molar-refractivity contribution in [3.63, 3.8) is 0 Å². The van der Waals surface area contributed by atoms with E-state index >= 15 is 0 Å². The number of anilines is 1. The summed E-state index contributed by atoms with van der Waals surface area (Å²) in [5.74, 6) is -1.27. The van der Waals surface area contributed by atoms with Crippen LogP contribution in [0.5, 0.6) is 5.75 Å². The standard InChI is InChI=1S/C17H12ClF4I2NO2/c1-23-17(22,24-2)10-5-9(16(19,20)21)6-12(7-10)25-15(27)13-8-11(18)3-4-14(13)26/h3-8,26H,1-2H2,(H,25,27). The molecule has 0 aliphatic heterocycles. The molecule has 3 nitrogen and oxygen atoms in total. The molecular formula is C17H12ClF4I2NO2. The predicted octanol–water partition coefficient (Wildman–Crippen LogP) is 6.20. The van der Waals surface area contributed by atoms with Crippen LogP contribution in [0.25, 0.3) is 0 Å². The number of hydrogen-bond donors (Lipinski definition) is 2. The minimum absolute atomic E-state index is 0.161. The zero-order valence-corrected chi connectivity index (χ0v) is 18.5. The first-order valence-electron chi connectivity index (χ1n) is 7.01. The van der Waals surface area contributed by atoms with E-state index in [2.05, 4.69) is 14.3 Å². The normalized spacial score (nSPS) is 12.0. The summed E-state index contributed by atoms with van der Waals surface area (Å²) < 4.78 is 59.8. The largest absolute Gasteiger partial charge is 0.507 e. The van der Waals surface area contributed by atoms with Crippen LogP contribution in [0.15, 0.2) is 36.4 Å². The fraction of sp³-hybridized carbons (Fsp3) is 0.118. The number of carbonyl (C=O) groups excluding carboxylic acids is 1. The Morgan fingerprint density at radius 3 is 2.19 bits per heavy atom. The van der Waals surface area contributed by atoms with E-state index in [0.717, 1.165) is 12.1 Å². The Morgan fingerprint density at radius 1 is 1.04 bits per heavy atom. The number of hydrogen-bond acceptors (Lipinski definition) is 2. The summed E-state index contributed by atoms with van der Waals surface area (Å²) in [5.41, 5.74) is -1.76.